The standard InChI is InChI=1S/C26H31F2N5O6S/c1-16(2)24-21(29-15-33(24)5-3-4-32-6-7-39-20(13-32)14-40(36,37)38)12-23-26(35)30-22(25(34)31-23)10-17-8-18(27)11-19(28)9-17/h8-12,15-16,20H,3-7,13-14H2,1-2H3,(H,30,35)(H,31,34)(H,36,37,38)/b22-10-,23-12-. The number of aromatic amines is 2. The van der Waals surface area contributed by atoms with Gasteiger partial charge in [0.2, 0.25) is 0 Å². The molecule has 216 valence electrons. The lowest BCUT2D eigenvalue weighted by molar-refractivity contribution is -0.0175. The number of nitrogens with one attached hydrogen (secondary N) is 2. The number of aromatic nitrogens is 4. The Kier molecular flexibility index (Phi) is 9.13. The van der Waals surface area contributed by atoms with Crippen molar-refractivity contribution in [3.63, 3.8) is 0 Å². The average molecular weight is 580 g/mol. The fourth-order valence-corrected chi connectivity index (χ4v) is 5.44. The van der Waals surface area contributed by atoms with E-state index in [1.165, 1.54) is 12.2 Å². The van der Waals surface area contributed by atoms with E-state index in [0.29, 0.717) is 44.5 Å². The van der Waals surface area contributed by atoms with Crippen molar-refractivity contribution in [3.8, 4) is 0 Å². The molecule has 0 bridgehead atoms. The number of ether oxygens (including phenoxy) is 1. The lowest BCUT2D eigenvalue weighted by Gasteiger charge is -2.32. The Morgan fingerprint density at radius 2 is 1.75 bits per heavy atom. The lowest BCUT2D eigenvalue weighted by atomic mass is 10.1. The van der Waals surface area contributed by atoms with Crippen molar-refractivity contribution in [3.05, 3.63) is 84.5 Å². The van der Waals surface area contributed by atoms with Gasteiger partial charge in [0.25, 0.3) is 21.2 Å². The first-order chi connectivity index (χ1) is 18.9. The summed E-state index contributed by atoms with van der Waals surface area (Å²) in [7, 11) is -4.12. The van der Waals surface area contributed by atoms with Crippen LogP contribution in [-0.2, 0) is 21.4 Å². The molecule has 0 spiro atoms. The van der Waals surface area contributed by atoms with Gasteiger partial charge in [0.1, 0.15) is 28.1 Å². The molecular weight excluding hydrogens is 548 g/mol. The Morgan fingerprint density at radius 1 is 1.10 bits per heavy atom. The Morgan fingerprint density at radius 3 is 2.38 bits per heavy atom. The van der Waals surface area contributed by atoms with Gasteiger partial charge in [-0.05, 0) is 42.2 Å². The first-order valence-corrected chi connectivity index (χ1v) is 14.3. The van der Waals surface area contributed by atoms with Gasteiger partial charge in [0.05, 0.1) is 24.7 Å². The third kappa shape index (κ3) is 7.81. The summed E-state index contributed by atoms with van der Waals surface area (Å²) >= 11 is 0. The van der Waals surface area contributed by atoms with Crippen molar-refractivity contribution >= 4 is 22.3 Å². The molecule has 14 heteroatoms. The van der Waals surface area contributed by atoms with E-state index >= 15 is 0 Å². The first-order valence-electron chi connectivity index (χ1n) is 12.7. The minimum absolute atomic E-state index is 0.0158. The highest BCUT2D eigenvalue weighted by Gasteiger charge is 2.24. The molecule has 3 N–H and O–H groups in total. The smallest absolute Gasteiger partial charge is 0.272 e. The molecule has 0 radical (unpaired) electrons. The number of imidazole rings is 1. The van der Waals surface area contributed by atoms with Gasteiger partial charge >= 0.3 is 0 Å². The summed E-state index contributed by atoms with van der Waals surface area (Å²) in [5.74, 6) is -2.01. The van der Waals surface area contributed by atoms with Crippen molar-refractivity contribution in [1.82, 2.24) is 24.4 Å². The number of rotatable bonds is 9. The predicted octanol–water partition coefficient (Wildman–Crippen LogP) is 0.298. The molecule has 0 saturated carbocycles. The largest absolute Gasteiger partial charge is 0.374 e. The van der Waals surface area contributed by atoms with Gasteiger partial charge in [0.15, 0.2) is 0 Å². The number of aryl methyl sites for hydroxylation is 1. The second-order valence-electron chi connectivity index (χ2n) is 9.99. The SMILES string of the molecule is CC(C)c1c(/C=c2\[nH]c(=O)/c(=C/c3cc(F)cc(F)c3)[nH]c2=O)ncn1CCCN1CCOC(CS(=O)(=O)O)C1. The fourth-order valence-electron chi connectivity index (χ4n) is 4.77. The normalized spacial score (nSPS) is 17.7. The molecule has 1 aromatic carbocycles. The van der Waals surface area contributed by atoms with Crippen LogP contribution >= 0.6 is 0 Å². The molecule has 3 heterocycles. The molecule has 1 atom stereocenters. The molecule has 2 aromatic heterocycles. The molecule has 1 unspecified atom stereocenters. The summed E-state index contributed by atoms with van der Waals surface area (Å²) in [4.78, 5) is 36.9. The van der Waals surface area contributed by atoms with Crippen molar-refractivity contribution in [1.29, 1.82) is 0 Å². The van der Waals surface area contributed by atoms with E-state index in [4.69, 9.17) is 9.29 Å². The van der Waals surface area contributed by atoms with Crippen molar-refractivity contribution in [2.24, 2.45) is 0 Å². The molecule has 3 aromatic rings. The summed E-state index contributed by atoms with van der Waals surface area (Å²) in [6.07, 6.45) is 4.48. The van der Waals surface area contributed by atoms with Crippen molar-refractivity contribution < 1.29 is 26.5 Å². The zero-order valence-corrected chi connectivity index (χ0v) is 22.9. The number of hydrogen-bond donors (Lipinski definition) is 3. The van der Waals surface area contributed by atoms with Crippen LogP contribution in [0, 0.1) is 11.6 Å². The second-order valence-corrected chi connectivity index (χ2v) is 11.5. The Bertz CT molecular complexity index is 1690. The molecule has 1 aliphatic rings. The van der Waals surface area contributed by atoms with Crippen LogP contribution < -0.4 is 21.8 Å². The third-order valence-corrected chi connectivity index (χ3v) is 7.20. The topological polar surface area (TPSA) is 150 Å². The minimum atomic E-state index is -4.12. The van der Waals surface area contributed by atoms with Crippen LogP contribution in [0.2, 0.25) is 0 Å². The highest BCUT2D eigenvalue weighted by molar-refractivity contribution is 7.85. The molecule has 40 heavy (non-hydrogen) atoms. The van der Waals surface area contributed by atoms with Gasteiger partial charge in [-0.2, -0.15) is 8.42 Å². The van der Waals surface area contributed by atoms with Crippen LogP contribution in [-0.4, -0.2) is 75.5 Å². The highest BCUT2D eigenvalue weighted by Crippen LogP contribution is 2.20. The second kappa shape index (κ2) is 12.4. The molecule has 1 fully saturated rings. The molecule has 1 saturated heterocycles. The molecule has 4 rings (SSSR count). The van der Waals surface area contributed by atoms with E-state index in [0.717, 1.165) is 24.2 Å². The number of nitrogens with zero attached hydrogens (tertiary/aromatic N) is 3. The van der Waals surface area contributed by atoms with E-state index in [2.05, 4.69) is 19.9 Å². The number of H-pyrrole nitrogens is 2. The van der Waals surface area contributed by atoms with Crippen molar-refractivity contribution in [2.75, 3.05) is 32.0 Å². The quantitative estimate of drug-likeness (QED) is 0.307. The zero-order valence-electron chi connectivity index (χ0n) is 22.1. The van der Waals surface area contributed by atoms with E-state index < -0.39 is 44.7 Å². The average Bonchev–Trinajstić information content (AvgIpc) is 3.23. The van der Waals surface area contributed by atoms with Gasteiger partial charge in [-0.25, -0.2) is 13.8 Å². The van der Waals surface area contributed by atoms with Gasteiger partial charge in [-0.15, -0.1) is 0 Å². The van der Waals surface area contributed by atoms with Gasteiger partial charge in [-0.1, -0.05) is 13.8 Å². The number of hydrogen-bond acceptors (Lipinski definition) is 7. The van der Waals surface area contributed by atoms with E-state index in [1.807, 2.05) is 18.4 Å². The molecule has 1 aliphatic heterocycles. The highest BCUT2D eigenvalue weighted by atomic mass is 32.2. The molecule has 11 nitrogen and oxygen atoms in total. The van der Waals surface area contributed by atoms with E-state index in [9.17, 15) is 26.8 Å². The minimum Gasteiger partial charge on any atom is -0.374 e. The molecule has 0 amide bonds. The van der Waals surface area contributed by atoms with Crippen LogP contribution in [0.5, 0.6) is 0 Å². The summed E-state index contributed by atoms with van der Waals surface area (Å²) < 4.78 is 65.8. The van der Waals surface area contributed by atoms with Crippen LogP contribution in [0.4, 0.5) is 8.78 Å². The Balaban J connectivity index is 1.52. The van der Waals surface area contributed by atoms with Crippen LogP contribution in [0.15, 0.2) is 34.1 Å². The monoisotopic (exact) mass is 579 g/mol. The maximum Gasteiger partial charge on any atom is 0.272 e. The van der Waals surface area contributed by atoms with E-state index in [-0.39, 0.29) is 22.2 Å². The van der Waals surface area contributed by atoms with Gasteiger partial charge in [0, 0.05) is 37.9 Å². The molecular formula is C26H31F2N5O6S. The van der Waals surface area contributed by atoms with Gasteiger partial charge < -0.3 is 19.3 Å². The predicted molar refractivity (Wildman–Crippen MR) is 144 cm³/mol. The van der Waals surface area contributed by atoms with Crippen LogP contribution in [0.3, 0.4) is 0 Å². The maximum atomic E-state index is 13.5. The number of halogens is 2. The summed E-state index contributed by atoms with van der Waals surface area (Å²) in [5.41, 5.74) is 0.219. The van der Waals surface area contributed by atoms with Gasteiger partial charge in [-0.3, -0.25) is 19.0 Å². The molecule has 0 aliphatic carbocycles. The zero-order chi connectivity index (χ0) is 29.0. The summed E-state index contributed by atoms with van der Waals surface area (Å²) in [6, 6.07) is 2.79. The number of benzene rings is 1. The fraction of sp³-hybridized carbons (Fsp3) is 0.423. The first kappa shape index (κ1) is 29.5. The lowest BCUT2D eigenvalue weighted by Crippen LogP contribution is -2.46. The third-order valence-electron chi connectivity index (χ3n) is 6.41. The van der Waals surface area contributed by atoms with Crippen LogP contribution in [0.25, 0.3) is 12.2 Å². The van der Waals surface area contributed by atoms with Crippen molar-refractivity contribution in [2.45, 2.75) is 38.8 Å². The summed E-state index contributed by atoms with van der Waals surface area (Å²) in [5, 5.41) is -0.165. The van der Waals surface area contributed by atoms with Crippen LogP contribution in [0.1, 0.15) is 43.1 Å². The number of morpholine rings is 1. The Labute approximate surface area is 228 Å². The summed E-state index contributed by atoms with van der Waals surface area (Å²) in [6.45, 7) is 6.69. The Hall–Kier alpha value is -3.46. The maximum absolute atomic E-state index is 13.5. The van der Waals surface area contributed by atoms with E-state index in [1.54, 1.807) is 6.33 Å².